The fourth-order valence-corrected chi connectivity index (χ4v) is 13.3. The van der Waals surface area contributed by atoms with Gasteiger partial charge in [0, 0.05) is 87.5 Å². The number of aromatic nitrogens is 1. The number of hydrogen-bond donors (Lipinski definition) is 18. The van der Waals surface area contributed by atoms with Crippen LogP contribution in [-0.2, 0) is 99.2 Å². The molecule has 118 heavy (non-hydrogen) atoms. The van der Waals surface area contributed by atoms with E-state index in [9.17, 15) is 72.2 Å². The molecule has 8 rings (SSSR count). The van der Waals surface area contributed by atoms with Gasteiger partial charge in [0.25, 0.3) is 0 Å². The molecule has 0 bridgehead atoms. The molecule has 6 aromatic rings. The van der Waals surface area contributed by atoms with Crippen molar-refractivity contribution < 1.29 is 81.8 Å². The lowest BCUT2D eigenvalue weighted by molar-refractivity contribution is -0.142. The van der Waals surface area contributed by atoms with Gasteiger partial charge in [-0.25, -0.2) is 9.59 Å². The lowest BCUT2D eigenvalue weighted by Gasteiger charge is -2.30. The van der Waals surface area contributed by atoms with Crippen LogP contribution >= 0.6 is 11.6 Å². The molecule has 18 amide bonds. The maximum absolute atomic E-state index is 15.4. The summed E-state index contributed by atoms with van der Waals surface area (Å²) in [7, 11) is 1.27. The summed E-state index contributed by atoms with van der Waals surface area (Å²) < 4.78 is 0. The molecule has 2 aliphatic heterocycles. The highest BCUT2D eigenvalue weighted by Gasteiger charge is 2.41. The smallest absolute Gasteiger partial charge is 0.322 e. The summed E-state index contributed by atoms with van der Waals surface area (Å²) in [6.45, 7) is 5.93. The van der Waals surface area contributed by atoms with Crippen LogP contribution in [0.3, 0.4) is 0 Å². The van der Waals surface area contributed by atoms with Crippen molar-refractivity contribution in [3.05, 3.63) is 173 Å². The Morgan fingerprint density at radius 1 is 0.551 bits per heavy atom. The summed E-state index contributed by atoms with van der Waals surface area (Å²) >= 11 is 6.26. The van der Waals surface area contributed by atoms with Crippen LogP contribution in [0.2, 0.25) is 5.02 Å². The number of benzene rings is 5. The molecule has 0 aliphatic carbocycles. The van der Waals surface area contributed by atoms with Gasteiger partial charge in [0.1, 0.15) is 66.5 Å². The predicted molar refractivity (Wildman–Crippen MR) is 433 cm³/mol. The minimum Gasteiger partial charge on any atom is -0.394 e. The van der Waals surface area contributed by atoms with E-state index in [1.165, 1.54) is 86.7 Å². The van der Waals surface area contributed by atoms with E-state index in [1.807, 2.05) is 55.6 Å². The molecule has 37 heteroatoms. The lowest BCUT2D eigenvalue weighted by Crippen LogP contribution is -2.62. The normalized spacial score (nSPS) is 16.0. The molecular formula is C81H100ClN19O17. The molecule has 0 saturated carbocycles. The topological polar surface area (TPSA) is 542 Å². The van der Waals surface area contributed by atoms with E-state index in [0.717, 1.165) is 10.8 Å². The first-order valence-electron chi connectivity index (χ1n) is 38.4. The van der Waals surface area contributed by atoms with Gasteiger partial charge in [-0.3, -0.25) is 77.4 Å². The Morgan fingerprint density at radius 3 is 1.56 bits per heavy atom. The van der Waals surface area contributed by atoms with Crippen molar-refractivity contribution in [2.24, 2.45) is 11.5 Å². The van der Waals surface area contributed by atoms with Gasteiger partial charge in [-0.05, 0) is 127 Å². The first-order chi connectivity index (χ1) is 56.3. The highest BCUT2D eigenvalue weighted by atomic mass is 35.5. The van der Waals surface area contributed by atoms with E-state index < -0.39 is 187 Å². The second kappa shape index (κ2) is 44.2. The summed E-state index contributed by atoms with van der Waals surface area (Å²) in [5, 5.41) is 52.0. The van der Waals surface area contributed by atoms with Crippen LogP contribution < -0.4 is 91.2 Å². The standard InChI is InChI=1S/C81H100ClN19O17/c1-44(2)87-32-9-8-15-57(79(116)101-33-11-16-66(101)78(115)88-45(3)69(83)106)92-76(113)63(40-67(104)85-5)97-74(111)60(36-49-22-29-56(30-23-49)91-80(84)117)94-73(110)61(37-48-20-27-55(28-21-48)90-70(107)64-41-68(105)100-81(118)99-64)96-77(114)65(43-102)98-75(112)62(39-51-12-10-31-86-42-51)95-72(109)59(35-47-18-25-54(82)26-19-47)93-71(108)58(89-46(4)103)38-50-17-24-52-13-6-7-14-53(52)34-50/h6-7,10,12-14,17-31,34,42,44-45,57-66,87,102H,8-9,11,15-16,32-33,35-41,43H2,1-5H3,(H2,83,106)(H,85,104)(H,88,115)(H,89,103)(H,90,107)(H,92,113)(H,93,108)(H,94,110)(H,95,109)(H,96,114)(H,97,111)(H,98,112)(H3,84,91,117)(H2,99,100,105,118)/t45-,57+,58-,59-,60+,61+,62+,63+,64+,65+,66+/m1/s1. The largest absolute Gasteiger partial charge is 0.394 e. The number of likely N-dealkylation sites (tertiary alicyclic amines) is 1. The number of amides is 18. The van der Waals surface area contributed by atoms with E-state index >= 15 is 9.59 Å². The number of unbranched alkanes of at least 4 members (excludes halogenated alkanes) is 1. The van der Waals surface area contributed by atoms with Crippen LogP contribution in [0, 0.1) is 0 Å². The van der Waals surface area contributed by atoms with Gasteiger partial charge in [-0.2, -0.15) is 0 Å². The van der Waals surface area contributed by atoms with Crippen LogP contribution in [0.15, 0.2) is 140 Å². The molecular weight excluding hydrogens is 1550 g/mol. The van der Waals surface area contributed by atoms with Crippen molar-refractivity contribution in [2.45, 2.75) is 177 Å². The maximum atomic E-state index is 15.4. The lowest BCUT2D eigenvalue weighted by atomic mass is 9.99. The Kier molecular flexibility index (Phi) is 33.9. The number of fused-ring (bicyclic) bond motifs is 1. The minimum absolute atomic E-state index is 0.00598. The third-order valence-electron chi connectivity index (χ3n) is 19.4. The molecule has 1 aromatic heterocycles. The van der Waals surface area contributed by atoms with E-state index in [-0.39, 0.29) is 68.0 Å². The van der Waals surface area contributed by atoms with Crippen LogP contribution in [0.5, 0.6) is 0 Å². The highest BCUT2D eigenvalue weighted by molar-refractivity contribution is 6.30. The fourth-order valence-electron chi connectivity index (χ4n) is 13.2. The quantitative estimate of drug-likeness (QED) is 0.0217. The second-order valence-electron chi connectivity index (χ2n) is 29.0. The highest BCUT2D eigenvalue weighted by Crippen LogP contribution is 2.23. The number of primary amides is 2. The summed E-state index contributed by atoms with van der Waals surface area (Å²) in [5.41, 5.74) is 13.3. The number of nitrogens with one attached hydrogen (secondary N) is 15. The van der Waals surface area contributed by atoms with Crippen molar-refractivity contribution in [1.29, 1.82) is 0 Å². The molecule has 628 valence electrons. The van der Waals surface area contributed by atoms with Gasteiger partial charge >= 0.3 is 12.1 Å². The van der Waals surface area contributed by atoms with Crippen molar-refractivity contribution in [3.8, 4) is 0 Å². The second-order valence-corrected chi connectivity index (χ2v) is 29.4. The van der Waals surface area contributed by atoms with Gasteiger partial charge in [0.2, 0.25) is 82.7 Å². The number of rotatable bonds is 41. The summed E-state index contributed by atoms with van der Waals surface area (Å²) in [6, 6.07) is 15.8. The van der Waals surface area contributed by atoms with Gasteiger partial charge in [0.05, 0.1) is 19.4 Å². The number of anilines is 2. The molecule has 2 fully saturated rings. The number of pyridine rings is 1. The molecule has 0 spiro atoms. The zero-order valence-corrected chi connectivity index (χ0v) is 66.5. The van der Waals surface area contributed by atoms with Gasteiger partial charge in [0.15, 0.2) is 0 Å². The number of nitrogens with zero attached hydrogens (tertiary/aromatic N) is 2. The van der Waals surface area contributed by atoms with Gasteiger partial charge < -0.3 is 95.9 Å². The number of aliphatic hydroxyl groups is 1. The van der Waals surface area contributed by atoms with E-state index in [2.05, 4.69) is 79.4 Å². The average Bonchev–Trinajstić information content (AvgIpc) is 1.25. The monoisotopic (exact) mass is 1650 g/mol. The number of imide groups is 1. The zero-order chi connectivity index (χ0) is 85.7. The number of halogens is 1. The maximum Gasteiger partial charge on any atom is 0.322 e. The van der Waals surface area contributed by atoms with E-state index in [4.69, 9.17) is 23.1 Å². The molecule has 3 heterocycles. The first kappa shape index (κ1) is 90.6. The van der Waals surface area contributed by atoms with Gasteiger partial charge in [-0.15, -0.1) is 0 Å². The molecule has 36 nitrogen and oxygen atoms in total. The van der Waals surface area contributed by atoms with E-state index in [1.54, 1.807) is 42.5 Å². The average molecular weight is 1650 g/mol. The van der Waals surface area contributed by atoms with Crippen molar-refractivity contribution in [2.75, 3.05) is 37.4 Å². The number of hydrogen-bond acceptors (Lipinski definition) is 19. The van der Waals surface area contributed by atoms with Crippen molar-refractivity contribution >= 4 is 129 Å². The molecule has 0 unspecified atom stereocenters. The summed E-state index contributed by atoms with van der Waals surface area (Å²) in [6.07, 6.45) is 1.72. The number of nitrogens with two attached hydrogens (primary N) is 2. The van der Waals surface area contributed by atoms with Crippen LogP contribution in [0.4, 0.5) is 21.0 Å². The minimum atomic E-state index is -1.96. The van der Waals surface area contributed by atoms with Crippen LogP contribution in [-0.4, -0.2) is 209 Å². The van der Waals surface area contributed by atoms with Crippen LogP contribution in [0.1, 0.15) is 100 Å². The number of aliphatic hydroxyl groups excluding tert-OH is 1. The fraction of sp³-hybridized carbons (Fsp3) is 0.395. The SMILES string of the molecule is CNC(=O)C[C@H](NC(=O)[C@H](Cc1ccc(NC(N)=O)cc1)NC(=O)[C@H](Cc1ccc(NC(=O)[C@@H]2CC(=O)NC(=O)N2)cc1)NC(=O)[C@H](CO)NC(=O)[C@H](Cc1cccnc1)NC(=O)[C@@H](Cc1ccc(Cl)cc1)NC(=O)[C@@H](Cc1ccc2ccccc2c1)NC(C)=O)C(=O)N[C@@H](CCCCNC(C)C)C(=O)N1CCC[C@H]1C(=O)N[C@H](C)C(N)=O. The molecule has 11 atom stereocenters. The number of carbonyl (C=O) groups excluding carboxylic acids is 16. The molecule has 0 radical (unpaired) electrons. The Labute approximate surface area is 684 Å². The molecule has 20 N–H and O–H groups in total. The summed E-state index contributed by atoms with van der Waals surface area (Å²) in [5.74, 6) is -12.3. The molecule has 2 saturated heterocycles. The third-order valence-corrected chi connectivity index (χ3v) is 19.7. The van der Waals surface area contributed by atoms with E-state index in [0.29, 0.717) is 53.1 Å². The number of carbonyl (C=O) groups is 16. The molecule has 2 aliphatic rings. The zero-order valence-electron chi connectivity index (χ0n) is 65.7. The third kappa shape index (κ3) is 28.2. The Hall–Kier alpha value is -13.0. The molecule has 5 aromatic carbocycles. The first-order valence-corrected chi connectivity index (χ1v) is 38.8. The van der Waals surface area contributed by atoms with Gasteiger partial charge in [-0.1, -0.05) is 110 Å². The Balaban J connectivity index is 1.10. The Bertz CT molecular complexity index is 4600. The van der Waals surface area contributed by atoms with Crippen LogP contribution in [0.25, 0.3) is 10.8 Å². The Morgan fingerprint density at radius 2 is 1.04 bits per heavy atom. The van der Waals surface area contributed by atoms with Crippen molar-refractivity contribution in [3.63, 3.8) is 0 Å². The number of urea groups is 2. The summed E-state index contributed by atoms with van der Waals surface area (Å²) in [4.78, 5) is 226. The van der Waals surface area contributed by atoms with Crippen molar-refractivity contribution in [1.82, 2.24) is 79.0 Å². The predicted octanol–water partition coefficient (Wildman–Crippen LogP) is -0.395.